The molecule has 38 heavy (non-hydrogen) atoms. The number of urea groups is 1. The lowest BCUT2D eigenvalue weighted by Crippen LogP contribution is -2.54. The van der Waals surface area contributed by atoms with E-state index < -0.39 is 17.8 Å². The zero-order valence-electron chi connectivity index (χ0n) is 21.7. The first-order valence-corrected chi connectivity index (χ1v) is 12.6. The molecule has 0 spiro atoms. The highest BCUT2D eigenvalue weighted by Crippen LogP contribution is 2.27. The molecule has 1 aliphatic rings. The van der Waals surface area contributed by atoms with E-state index in [9.17, 15) is 14.4 Å². The summed E-state index contributed by atoms with van der Waals surface area (Å²) in [6.45, 7) is 7.17. The monoisotopic (exact) mass is 507 g/mol. The molecule has 1 N–H and O–H groups in total. The Morgan fingerprint density at radius 2 is 1.68 bits per heavy atom. The van der Waals surface area contributed by atoms with Gasteiger partial charge in [-0.05, 0) is 73.4 Å². The average molecular weight is 508 g/mol. The van der Waals surface area contributed by atoms with Gasteiger partial charge in [-0.2, -0.15) is 0 Å². The molecule has 5 rings (SSSR count). The Bertz CT molecular complexity index is 1580. The number of hydrogen-bond acceptors (Lipinski definition) is 4. The van der Waals surface area contributed by atoms with Crippen molar-refractivity contribution in [3.63, 3.8) is 0 Å². The number of benzene rings is 3. The second-order valence-corrected chi connectivity index (χ2v) is 9.37. The molecule has 2 heterocycles. The fourth-order valence-electron chi connectivity index (χ4n) is 4.57. The third kappa shape index (κ3) is 4.83. The number of amides is 4. The van der Waals surface area contributed by atoms with Crippen molar-refractivity contribution in [3.05, 3.63) is 101 Å². The van der Waals surface area contributed by atoms with Crippen LogP contribution in [-0.4, -0.2) is 29.0 Å². The minimum absolute atomic E-state index is 0.0987. The third-order valence-corrected chi connectivity index (χ3v) is 6.90. The van der Waals surface area contributed by atoms with Gasteiger partial charge < -0.3 is 9.30 Å². The number of nitrogens with zero attached hydrogens (tertiary/aromatic N) is 2. The molecule has 4 aromatic rings. The van der Waals surface area contributed by atoms with Crippen LogP contribution in [0.3, 0.4) is 0 Å². The van der Waals surface area contributed by atoms with E-state index >= 15 is 0 Å². The minimum atomic E-state index is -0.757. The number of para-hydroxylation sites is 1. The third-order valence-electron chi connectivity index (χ3n) is 6.90. The Labute approximate surface area is 221 Å². The van der Waals surface area contributed by atoms with Crippen LogP contribution in [0.2, 0.25) is 0 Å². The van der Waals surface area contributed by atoms with E-state index in [2.05, 4.69) is 19.2 Å². The zero-order chi connectivity index (χ0) is 26.8. The maximum atomic E-state index is 13.4. The number of carbonyl (C=O) groups excluding carboxylic acids is 3. The number of hydrogen-bond donors (Lipinski definition) is 1. The predicted octanol–water partition coefficient (Wildman–Crippen LogP) is 5.57. The smallest absolute Gasteiger partial charge is 0.335 e. The van der Waals surface area contributed by atoms with E-state index in [0.29, 0.717) is 24.4 Å². The Kier molecular flexibility index (Phi) is 6.83. The van der Waals surface area contributed by atoms with Crippen LogP contribution in [-0.2, 0) is 22.6 Å². The van der Waals surface area contributed by atoms with E-state index in [1.807, 2.05) is 72.3 Å². The van der Waals surface area contributed by atoms with Crippen LogP contribution in [0.4, 0.5) is 10.5 Å². The molecule has 1 saturated heterocycles. The number of carbonyl (C=O) groups is 3. The van der Waals surface area contributed by atoms with E-state index in [1.165, 1.54) is 11.1 Å². The highest BCUT2D eigenvalue weighted by atomic mass is 16.5. The number of nitrogens with one attached hydrogen (secondary N) is 1. The second-order valence-electron chi connectivity index (χ2n) is 9.37. The summed E-state index contributed by atoms with van der Waals surface area (Å²) in [6.07, 6.45) is 4.29. The van der Waals surface area contributed by atoms with Gasteiger partial charge in [-0.3, -0.25) is 14.9 Å². The molecule has 0 atom stereocenters. The van der Waals surface area contributed by atoms with Crippen molar-refractivity contribution in [2.45, 2.75) is 33.7 Å². The van der Waals surface area contributed by atoms with E-state index in [4.69, 9.17) is 4.74 Å². The first-order chi connectivity index (χ1) is 18.4. The Balaban J connectivity index is 1.43. The quantitative estimate of drug-likeness (QED) is 0.262. The van der Waals surface area contributed by atoms with Crippen LogP contribution in [0, 0.1) is 13.8 Å². The Hall–Kier alpha value is -4.65. The molecular weight excluding hydrogens is 478 g/mol. The number of aryl methyl sites for hydroxylation is 3. The number of rotatable bonds is 7. The number of ether oxygens (including phenoxy) is 1. The molecule has 0 bridgehead atoms. The van der Waals surface area contributed by atoms with Gasteiger partial charge in [0.2, 0.25) is 0 Å². The zero-order valence-corrected chi connectivity index (χ0v) is 21.7. The van der Waals surface area contributed by atoms with Crippen LogP contribution in [0.15, 0.2) is 78.5 Å². The van der Waals surface area contributed by atoms with Gasteiger partial charge in [0, 0.05) is 22.7 Å². The van der Waals surface area contributed by atoms with Crippen LogP contribution in [0.5, 0.6) is 5.75 Å². The maximum absolute atomic E-state index is 13.4. The van der Waals surface area contributed by atoms with Crippen LogP contribution in [0.1, 0.15) is 29.2 Å². The van der Waals surface area contributed by atoms with Crippen molar-refractivity contribution in [1.29, 1.82) is 0 Å². The van der Waals surface area contributed by atoms with Crippen molar-refractivity contribution in [2.24, 2.45) is 0 Å². The molecule has 192 valence electrons. The lowest BCUT2D eigenvalue weighted by Gasteiger charge is -2.26. The Morgan fingerprint density at radius 1 is 0.921 bits per heavy atom. The Morgan fingerprint density at radius 3 is 2.42 bits per heavy atom. The molecule has 0 aliphatic carbocycles. The predicted molar refractivity (Wildman–Crippen MR) is 148 cm³/mol. The number of fused-ring (bicyclic) bond motifs is 1. The molecule has 7 heteroatoms. The molecule has 0 unspecified atom stereocenters. The molecule has 3 aromatic carbocycles. The van der Waals surface area contributed by atoms with Crippen LogP contribution in [0.25, 0.3) is 17.0 Å². The molecule has 4 amide bonds. The molecule has 7 nitrogen and oxygen atoms in total. The van der Waals surface area contributed by atoms with Crippen LogP contribution < -0.4 is 15.0 Å². The van der Waals surface area contributed by atoms with E-state index in [1.54, 1.807) is 18.2 Å². The van der Waals surface area contributed by atoms with Crippen LogP contribution >= 0.6 is 0 Å². The number of barbiturate groups is 1. The van der Waals surface area contributed by atoms with E-state index in [0.717, 1.165) is 33.5 Å². The summed E-state index contributed by atoms with van der Waals surface area (Å²) >= 11 is 0. The van der Waals surface area contributed by atoms with Crippen molar-refractivity contribution < 1.29 is 19.1 Å². The first-order valence-electron chi connectivity index (χ1n) is 12.6. The van der Waals surface area contributed by atoms with Gasteiger partial charge in [-0.1, -0.05) is 43.3 Å². The van der Waals surface area contributed by atoms with Gasteiger partial charge in [-0.15, -0.1) is 0 Å². The normalized spacial score (nSPS) is 14.9. The first kappa shape index (κ1) is 25.0. The largest absolute Gasteiger partial charge is 0.492 e. The fraction of sp³-hybridized carbons (Fsp3) is 0.194. The number of anilines is 1. The van der Waals surface area contributed by atoms with Crippen molar-refractivity contribution in [1.82, 2.24) is 9.88 Å². The lowest BCUT2D eigenvalue weighted by atomic mass is 10.1. The van der Waals surface area contributed by atoms with Gasteiger partial charge in [0.1, 0.15) is 17.9 Å². The van der Waals surface area contributed by atoms with Crippen molar-refractivity contribution in [2.75, 3.05) is 11.5 Å². The minimum Gasteiger partial charge on any atom is -0.492 e. The molecule has 0 radical (unpaired) electrons. The lowest BCUT2D eigenvalue weighted by molar-refractivity contribution is -0.122. The molecule has 0 saturated carbocycles. The van der Waals surface area contributed by atoms with Gasteiger partial charge >= 0.3 is 6.03 Å². The highest BCUT2D eigenvalue weighted by Gasteiger charge is 2.37. The van der Waals surface area contributed by atoms with Crippen molar-refractivity contribution in [3.8, 4) is 5.75 Å². The van der Waals surface area contributed by atoms with Gasteiger partial charge in [0.25, 0.3) is 11.8 Å². The van der Waals surface area contributed by atoms with Gasteiger partial charge in [0.15, 0.2) is 0 Å². The maximum Gasteiger partial charge on any atom is 0.335 e. The second kappa shape index (κ2) is 10.4. The van der Waals surface area contributed by atoms with Gasteiger partial charge in [0.05, 0.1) is 12.2 Å². The van der Waals surface area contributed by atoms with Crippen molar-refractivity contribution >= 4 is 40.5 Å². The topological polar surface area (TPSA) is 80.6 Å². The summed E-state index contributed by atoms with van der Waals surface area (Å²) in [5.41, 5.74) is 5.45. The molecular formula is C31H29N3O4. The fourth-order valence-corrected chi connectivity index (χ4v) is 4.57. The highest BCUT2D eigenvalue weighted by molar-refractivity contribution is 6.39. The van der Waals surface area contributed by atoms with E-state index in [-0.39, 0.29) is 5.57 Å². The van der Waals surface area contributed by atoms with Gasteiger partial charge in [-0.25, -0.2) is 9.69 Å². The summed E-state index contributed by atoms with van der Waals surface area (Å²) in [5, 5.41) is 3.20. The number of aromatic nitrogens is 1. The molecule has 1 fully saturated rings. The summed E-state index contributed by atoms with van der Waals surface area (Å²) in [4.78, 5) is 39.7. The number of imide groups is 2. The molecule has 1 aromatic heterocycles. The summed E-state index contributed by atoms with van der Waals surface area (Å²) in [5.74, 6) is -0.553. The summed E-state index contributed by atoms with van der Waals surface area (Å²) < 4.78 is 8.02. The molecule has 1 aliphatic heterocycles. The standard InChI is InChI=1S/C31H29N3O4/c1-4-22-10-12-24(13-11-22)34-30(36)27(29(35)32-31(34)37)18-23-19-33(28-8-6-5-7-26(23)28)15-16-38-25-14-9-20(2)21(3)17-25/h5-14,17-19H,4,15-16H2,1-3H3,(H,32,35,37). The summed E-state index contributed by atoms with van der Waals surface area (Å²) in [7, 11) is 0. The average Bonchev–Trinajstić information content (AvgIpc) is 3.26. The SMILES string of the molecule is CCc1ccc(N2C(=O)NC(=O)C(=Cc3cn(CCOc4ccc(C)c(C)c4)c4ccccc34)C2=O)cc1. The summed E-state index contributed by atoms with van der Waals surface area (Å²) in [6, 6.07) is 20.2.